The second-order valence-corrected chi connectivity index (χ2v) is 28.6. The number of hydrogen-bond acceptors (Lipinski definition) is 2. The molecule has 0 aromatic heterocycles. The molecule has 0 saturated heterocycles. The zero-order valence-corrected chi connectivity index (χ0v) is 36.8. The molecule has 5 rings (SSSR count). The van der Waals surface area contributed by atoms with Crippen LogP contribution in [0, 0.1) is 0 Å². The van der Waals surface area contributed by atoms with Gasteiger partial charge in [0.05, 0.1) is 5.41 Å². The van der Waals surface area contributed by atoms with E-state index in [1.165, 1.54) is 33.4 Å². The molecule has 0 unspecified atom stereocenters. The molecule has 49 heavy (non-hydrogen) atoms. The molecule has 4 aromatic rings. The van der Waals surface area contributed by atoms with Gasteiger partial charge in [0.15, 0.2) is 0 Å². The third kappa shape index (κ3) is 6.36. The van der Waals surface area contributed by atoms with E-state index in [-0.39, 0.29) is 0 Å². The molecule has 2 nitrogen and oxygen atoms in total. The molecular weight excluding hydrogens is 764 g/mol. The van der Waals surface area contributed by atoms with Crippen LogP contribution in [0.3, 0.4) is 0 Å². The first-order valence-electron chi connectivity index (χ1n) is 18.2. The van der Waals surface area contributed by atoms with Gasteiger partial charge in [-0.25, -0.2) is 0 Å². The summed E-state index contributed by atoms with van der Waals surface area (Å²) in [5.41, 5.74) is 10.1. The molecule has 0 heterocycles. The minimum atomic E-state index is -2.10. The fourth-order valence-corrected chi connectivity index (χ4v) is 20.9. The van der Waals surface area contributed by atoms with Crippen molar-refractivity contribution >= 4 is 48.5 Å². The smallest absolute Gasteiger partial charge is 0.258 e. The molecule has 0 N–H and O–H groups in total. The van der Waals surface area contributed by atoms with Crippen molar-refractivity contribution in [2.45, 2.75) is 122 Å². The van der Waals surface area contributed by atoms with Crippen LogP contribution in [0.1, 0.15) is 105 Å². The van der Waals surface area contributed by atoms with Crippen LogP contribution < -0.4 is 8.85 Å². The Morgan fingerprint density at radius 2 is 0.714 bits per heavy atom. The van der Waals surface area contributed by atoms with E-state index in [9.17, 15) is 0 Å². The maximum Gasteiger partial charge on any atom is 0.258 e. The Labute approximate surface area is 316 Å². The largest absolute Gasteiger partial charge is 0.543 e. The van der Waals surface area contributed by atoms with Crippen molar-refractivity contribution in [1.82, 2.24) is 0 Å². The molecule has 0 spiro atoms. The van der Waals surface area contributed by atoms with Gasteiger partial charge >= 0.3 is 0 Å². The summed E-state index contributed by atoms with van der Waals surface area (Å²) in [6, 6.07) is 31.7. The van der Waals surface area contributed by atoms with Gasteiger partial charge in [-0.2, -0.15) is 0 Å². The van der Waals surface area contributed by atoms with Gasteiger partial charge in [0, 0.05) is 8.95 Å². The van der Waals surface area contributed by atoms with Crippen molar-refractivity contribution in [2.75, 3.05) is 0 Å². The second-order valence-electron chi connectivity index (χ2n) is 16.0. The van der Waals surface area contributed by atoms with Crippen LogP contribution in [0.25, 0.3) is 11.1 Å². The van der Waals surface area contributed by atoms with Crippen LogP contribution in [0.4, 0.5) is 0 Å². The van der Waals surface area contributed by atoms with Gasteiger partial charge in [-0.3, -0.25) is 0 Å². The zero-order chi connectivity index (χ0) is 36.1. The van der Waals surface area contributed by atoms with E-state index >= 15 is 0 Å². The predicted octanol–water partition coefficient (Wildman–Crippen LogP) is 14.7. The molecule has 1 aliphatic rings. The molecule has 0 aliphatic heterocycles. The number of hydrogen-bond donors (Lipinski definition) is 0. The lowest BCUT2D eigenvalue weighted by molar-refractivity contribution is 0.479. The normalized spacial score (nSPS) is 14.4. The van der Waals surface area contributed by atoms with E-state index in [1.54, 1.807) is 0 Å². The van der Waals surface area contributed by atoms with E-state index in [0.717, 1.165) is 20.4 Å². The van der Waals surface area contributed by atoms with Crippen LogP contribution in [0.5, 0.6) is 11.5 Å². The molecular formula is C43H56Br2O2Si2. The lowest BCUT2D eigenvalue weighted by Gasteiger charge is -2.42. The molecule has 6 heteroatoms. The molecule has 0 bridgehead atoms. The van der Waals surface area contributed by atoms with Gasteiger partial charge in [0.1, 0.15) is 11.5 Å². The van der Waals surface area contributed by atoms with Crippen LogP contribution in [0.2, 0.25) is 33.2 Å². The first kappa shape index (κ1) is 38.1. The van der Waals surface area contributed by atoms with Gasteiger partial charge < -0.3 is 8.85 Å². The monoisotopic (exact) mass is 818 g/mol. The zero-order valence-electron chi connectivity index (χ0n) is 31.6. The van der Waals surface area contributed by atoms with E-state index in [4.69, 9.17) is 8.85 Å². The average Bonchev–Trinajstić information content (AvgIpc) is 3.31. The van der Waals surface area contributed by atoms with Gasteiger partial charge in [-0.05, 0) is 115 Å². The first-order valence-corrected chi connectivity index (χ1v) is 24.1. The Balaban J connectivity index is 1.72. The quantitative estimate of drug-likeness (QED) is 0.117. The maximum absolute atomic E-state index is 7.15. The summed E-state index contributed by atoms with van der Waals surface area (Å²) in [5, 5.41) is 0. The van der Waals surface area contributed by atoms with E-state index in [0.29, 0.717) is 33.2 Å². The number of rotatable bonds is 12. The Morgan fingerprint density at radius 3 is 0.980 bits per heavy atom. The van der Waals surface area contributed by atoms with Crippen molar-refractivity contribution in [3.8, 4) is 22.6 Å². The summed E-state index contributed by atoms with van der Waals surface area (Å²) in [6.45, 7) is 28.2. The van der Waals surface area contributed by atoms with Crippen LogP contribution in [-0.4, -0.2) is 16.6 Å². The van der Waals surface area contributed by atoms with Crippen molar-refractivity contribution in [3.05, 3.63) is 116 Å². The Bertz CT molecular complexity index is 1580. The van der Waals surface area contributed by atoms with Crippen molar-refractivity contribution in [3.63, 3.8) is 0 Å². The number of fused-ring (bicyclic) bond motifs is 3. The highest BCUT2D eigenvalue weighted by atomic mass is 79.9. The summed E-state index contributed by atoms with van der Waals surface area (Å²) in [7, 11) is -4.21. The van der Waals surface area contributed by atoms with Gasteiger partial charge in [0.2, 0.25) is 0 Å². The fraction of sp³-hybridized carbons (Fsp3) is 0.442. The van der Waals surface area contributed by atoms with Gasteiger partial charge in [-0.15, -0.1) is 0 Å². The van der Waals surface area contributed by atoms with Gasteiger partial charge in [0.25, 0.3) is 16.6 Å². The summed E-state index contributed by atoms with van der Waals surface area (Å²) in [6.07, 6.45) is 0. The van der Waals surface area contributed by atoms with E-state index in [1.807, 2.05) is 0 Å². The highest BCUT2D eigenvalue weighted by Gasteiger charge is 2.50. The Hall–Kier alpha value is -2.13. The molecule has 0 saturated carbocycles. The highest BCUT2D eigenvalue weighted by Crippen LogP contribution is 2.57. The summed E-state index contributed by atoms with van der Waals surface area (Å²) >= 11 is 7.70. The minimum absolute atomic E-state index is 0.506. The lowest BCUT2D eigenvalue weighted by Crippen LogP contribution is -2.50. The number of halogens is 2. The highest BCUT2D eigenvalue weighted by molar-refractivity contribution is 9.10. The fourth-order valence-electron chi connectivity index (χ4n) is 9.72. The maximum atomic E-state index is 7.15. The summed E-state index contributed by atoms with van der Waals surface area (Å²) in [4.78, 5) is 0. The van der Waals surface area contributed by atoms with Crippen molar-refractivity contribution < 1.29 is 8.85 Å². The van der Waals surface area contributed by atoms with Crippen molar-refractivity contribution in [2.24, 2.45) is 0 Å². The van der Waals surface area contributed by atoms with Crippen molar-refractivity contribution in [1.29, 1.82) is 0 Å². The van der Waals surface area contributed by atoms with Crippen LogP contribution >= 0.6 is 31.9 Å². The SMILES string of the molecule is CC(C)[Si](Oc1ccc(C2(c3ccc(O[Si](C(C)C)(C(C)C)C(C)C)cc3)c3cc(Br)ccc3-c3ccc(Br)cc32)cc1)(C(C)C)C(C)C. The molecule has 262 valence electrons. The lowest BCUT2D eigenvalue weighted by atomic mass is 9.68. The average molecular weight is 821 g/mol. The van der Waals surface area contributed by atoms with E-state index in [2.05, 4.69) is 200 Å². The molecule has 1 aliphatic carbocycles. The first-order chi connectivity index (χ1) is 23.0. The third-order valence-electron chi connectivity index (χ3n) is 11.6. The van der Waals surface area contributed by atoms with Crippen LogP contribution in [-0.2, 0) is 5.41 Å². The van der Waals surface area contributed by atoms with E-state index < -0.39 is 22.0 Å². The summed E-state index contributed by atoms with van der Waals surface area (Å²) < 4.78 is 16.5. The standard InChI is InChI=1S/C43H56Br2O2Si2/c1-27(2)48(28(3)4,29(5)6)46-37-19-13-33(14-20-37)43(41-25-35(44)17-23-39(41)40-24-18-36(45)26-42(40)43)34-15-21-38(22-16-34)47-49(30(7)8,31(9)10)32(11)12/h13-32H,1-12H3. The molecule has 0 fully saturated rings. The Morgan fingerprint density at radius 1 is 0.429 bits per heavy atom. The Kier molecular flexibility index (Phi) is 11.3. The topological polar surface area (TPSA) is 18.5 Å². The van der Waals surface area contributed by atoms with Crippen LogP contribution in [0.15, 0.2) is 93.9 Å². The predicted molar refractivity (Wildman–Crippen MR) is 222 cm³/mol. The molecule has 4 aromatic carbocycles. The molecule has 0 radical (unpaired) electrons. The number of benzene rings is 4. The third-order valence-corrected chi connectivity index (χ3v) is 24.6. The molecule has 0 atom stereocenters. The minimum Gasteiger partial charge on any atom is -0.543 e. The van der Waals surface area contributed by atoms with Gasteiger partial charge in [-0.1, -0.05) is 151 Å². The molecule has 0 amide bonds. The summed E-state index contributed by atoms with van der Waals surface area (Å²) in [5.74, 6) is 1.95. The second kappa shape index (κ2) is 14.5.